The van der Waals surface area contributed by atoms with Crippen LogP contribution in [0.1, 0.15) is 94.3 Å². The van der Waals surface area contributed by atoms with Crippen LogP contribution in [0, 0.1) is 5.92 Å². The molecular weight excluding hydrogens is 1830 g/mol. The molecule has 6 aliphatic rings. The lowest BCUT2D eigenvalue weighted by molar-refractivity contribution is -0.339. The number of phenols is 25. The number of carbonyl (C=O) groups is 11. The Morgan fingerprint density at radius 1 is 0.378 bits per heavy atom. The number of rotatable bonds is 15. The van der Waals surface area contributed by atoms with Crippen LogP contribution in [0.2, 0.25) is 0 Å². The molecule has 0 aromatic heterocycles. The summed E-state index contributed by atoms with van der Waals surface area (Å²) in [7, 11) is 0. The van der Waals surface area contributed by atoms with Gasteiger partial charge in [0, 0.05) is 23.3 Å². The van der Waals surface area contributed by atoms with Crippen LogP contribution in [-0.4, -0.2) is 289 Å². The van der Waals surface area contributed by atoms with Gasteiger partial charge in [-0.2, -0.15) is 0 Å². The van der Waals surface area contributed by atoms with Gasteiger partial charge in [-0.3, -0.25) is 9.59 Å². The number of aromatic hydroxyl groups is 25. The minimum atomic E-state index is -4.17. The summed E-state index contributed by atoms with van der Waals surface area (Å²) >= 11 is 0. The Hall–Kier alpha value is -18.5. The van der Waals surface area contributed by atoms with E-state index in [0.29, 0.717) is 66.7 Å². The Kier molecular flexibility index (Phi) is 22.4. The first-order valence-corrected chi connectivity index (χ1v) is 37.5. The lowest BCUT2D eigenvalue weighted by Crippen LogP contribution is -2.70. The Balaban J connectivity index is 0.867. The zero-order valence-electron chi connectivity index (χ0n) is 66.2. The maximum Gasteiger partial charge on any atom is 0.344 e. The second-order valence-electron chi connectivity index (χ2n) is 29.6. The van der Waals surface area contributed by atoms with Gasteiger partial charge in [0.25, 0.3) is 5.79 Å². The second kappa shape index (κ2) is 33.2. The highest BCUT2D eigenvalue weighted by Gasteiger charge is 2.71. The van der Waals surface area contributed by atoms with Crippen molar-refractivity contribution >= 4 is 65.5 Å². The molecule has 28 N–H and O–H groups in total. The molecule has 0 saturated carbocycles. The Morgan fingerprint density at radius 3 is 1.30 bits per heavy atom. The Morgan fingerprint density at radius 2 is 0.793 bits per heavy atom. The van der Waals surface area contributed by atoms with Crippen molar-refractivity contribution in [3.05, 3.63) is 147 Å². The molecule has 0 amide bonds. The normalized spacial score (nSPS) is 21.8. The van der Waals surface area contributed by atoms with Crippen LogP contribution in [0.15, 0.2) is 96.6 Å². The number of carbonyl (C=O) groups excluding carboxylic acids is 11. The molecule has 12 atom stereocenters. The quantitative estimate of drug-likeness (QED) is 0.0224. The molecule has 15 rings (SSSR count). The van der Waals surface area contributed by atoms with Crippen molar-refractivity contribution in [2.75, 3.05) is 13.2 Å². The topological polar surface area (TPSA) is 883 Å². The van der Waals surface area contributed by atoms with Gasteiger partial charge in [-0.05, 0) is 78.9 Å². The molecule has 0 radical (unpaired) electrons. The number of esters is 10. The van der Waals surface area contributed by atoms with Gasteiger partial charge in [-0.25, -0.2) is 43.2 Å². The lowest BCUT2D eigenvalue weighted by atomic mass is 9.71. The van der Waals surface area contributed by atoms with E-state index in [1.54, 1.807) is 0 Å². The van der Waals surface area contributed by atoms with E-state index in [2.05, 4.69) is 0 Å². The van der Waals surface area contributed by atoms with Gasteiger partial charge in [0.2, 0.25) is 53.2 Å². The molecule has 53 nitrogen and oxygen atoms in total. The number of fused-ring (bicyclic) bond motifs is 4. The van der Waals surface area contributed by atoms with Gasteiger partial charge in [0.05, 0.1) is 56.0 Å². The molecule has 704 valence electrons. The summed E-state index contributed by atoms with van der Waals surface area (Å²) in [6.07, 6.45) is -25.8. The summed E-state index contributed by atoms with van der Waals surface area (Å²) in [5.41, 5.74) is -15.5. The Labute approximate surface area is 741 Å². The van der Waals surface area contributed by atoms with Crippen molar-refractivity contribution in [1.82, 2.24) is 0 Å². The number of ether oxygens (including phenoxy) is 14. The summed E-state index contributed by atoms with van der Waals surface area (Å²) in [5, 5.41) is 307. The largest absolute Gasteiger partial charge is 0.504 e. The van der Waals surface area contributed by atoms with Crippen molar-refractivity contribution in [2.45, 2.75) is 72.8 Å². The maximum absolute atomic E-state index is 15.7. The van der Waals surface area contributed by atoms with Gasteiger partial charge in [-0.15, -0.1) is 0 Å². The highest BCUT2D eigenvalue weighted by Crippen LogP contribution is 2.62. The fourth-order valence-corrected chi connectivity index (χ4v) is 14.7. The molecule has 5 aliphatic heterocycles. The zero-order chi connectivity index (χ0) is 98.3. The molecule has 2 saturated heterocycles. The molecule has 5 heterocycles. The molecule has 9 aromatic carbocycles. The highest BCUT2D eigenvalue weighted by molar-refractivity contribution is 6.10. The molecular formula is C82H58O53. The summed E-state index contributed by atoms with van der Waals surface area (Å²) in [5.74, 6) is -78.9. The number of hydrogen-bond acceptors (Lipinski definition) is 53. The van der Waals surface area contributed by atoms with E-state index >= 15 is 24.0 Å². The first-order chi connectivity index (χ1) is 63.4. The number of phenolic OH excluding ortho intramolecular Hbond substituents is 25. The molecule has 53 heteroatoms. The average Bonchev–Trinajstić information content (AvgIpc) is 1.40. The minimum absolute atomic E-state index is 0.0444. The molecule has 2 fully saturated rings. The van der Waals surface area contributed by atoms with Crippen LogP contribution >= 0.6 is 0 Å². The monoisotopic (exact) mass is 1890 g/mol. The van der Waals surface area contributed by atoms with E-state index in [0.717, 1.165) is 0 Å². The third-order valence-corrected chi connectivity index (χ3v) is 21.3. The van der Waals surface area contributed by atoms with Crippen molar-refractivity contribution in [3.63, 3.8) is 0 Å². The van der Waals surface area contributed by atoms with E-state index in [-0.39, 0.29) is 24.3 Å². The number of aliphatic hydroxyl groups is 3. The van der Waals surface area contributed by atoms with Crippen molar-refractivity contribution < 1.29 is 262 Å². The lowest BCUT2D eigenvalue weighted by Gasteiger charge is -2.49. The van der Waals surface area contributed by atoms with E-state index in [1.807, 2.05) is 0 Å². The van der Waals surface area contributed by atoms with E-state index in [4.69, 9.17) is 66.3 Å². The molecule has 9 aromatic rings. The number of hydrogen-bond donors (Lipinski definition) is 28. The van der Waals surface area contributed by atoms with Crippen LogP contribution in [0.4, 0.5) is 0 Å². The average molecular weight is 1890 g/mol. The highest BCUT2D eigenvalue weighted by atomic mass is 16.8. The Bertz CT molecular complexity index is 6630. The minimum Gasteiger partial charge on any atom is -0.504 e. The van der Waals surface area contributed by atoms with Crippen LogP contribution in [0.5, 0.6) is 167 Å². The third-order valence-electron chi connectivity index (χ3n) is 21.3. The molecule has 6 bridgehead atoms. The van der Waals surface area contributed by atoms with E-state index < -0.39 is 391 Å². The first kappa shape index (κ1) is 91.2. The summed E-state index contributed by atoms with van der Waals surface area (Å²) < 4.78 is 79.4. The number of benzene rings is 9. The van der Waals surface area contributed by atoms with Gasteiger partial charge in [0.15, 0.2) is 163 Å². The van der Waals surface area contributed by atoms with Gasteiger partial charge in [0.1, 0.15) is 36.7 Å². The van der Waals surface area contributed by atoms with Crippen LogP contribution < -0.4 is 14.2 Å². The summed E-state index contributed by atoms with van der Waals surface area (Å²) in [6.45, 7) is -3.29. The molecule has 135 heavy (non-hydrogen) atoms. The van der Waals surface area contributed by atoms with Crippen LogP contribution in [0.3, 0.4) is 0 Å². The van der Waals surface area contributed by atoms with E-state index in [9.17, 15) is 172 Å². The smallest absolute Gasteiger partial charge is 0.344 e. The summed E-state index contributed by atoms with van der Waals surface area (Å²) in [6, 6.07) is 4.57. The van der Waals surface area contributed by atoms with E-state index in [1.165, 1.54) is 0 Å². The fourth-order valence-electron chi connectivity index (χ4n) is 14.7. The fraction of sp³-hybridized carbons (Fsp3) is 0.183. The van der Waals surface area contributed by atoms with Crippen LogP contribution in [-0.2, 0) is 66.5 Å². The number of cyclic esters (lactones) is 1. The summed E-state index contributed by atoms with van der Waals surface area (Å²) in [4.78, 5) is 163. The zero-order valence-corrected chi connectivity index (χ0v) is 66.2. The van der Waals surface area contributed by atoms with Crippen molar-refractivity contribution in [2.24, 2.45) is 5.92 Å². The van der Waals surface area contributed by atoms with Crippen molar-refractivity contribution in [3.8, 4) is 178 Å². The maximum atomic E-state index is 15.7. The van der Waals surface area contributed by atoms with Crippen LogP contribution in [0.25, 0.3) is 11.1 Å². The molecule has 12 unspecified atom stereocenters. The predicted octanol–water partition coefficient (Wildman–Crippen LogP) is 0.981. The third kappa shape index (κ3) is 15.5. The standard InChI is InChI=1S/C82H58O53/c83-27-1-18(2-28(84)50(27)98)69(109)122-16-43-64(128-70(110)19-3-29(85)51(99)30(86)4-19)67(131-71(111)20-5-31(87)52(100)32(88)6-20)68(132-72(112)21-7-33(89)53(101)34(90)8-21)80(126-43)134-77(117)26-13-38(94)56(104)60(108)61(26)127-62-40(96)12-23-46(59(62)107)45-24(11-37(93)55(103)58(45)106)75(115)130-66-48-78(118)124-41-15-39(95)57(105)65-47(41)49-25(14-44(97)82(121,135-65)81(49,119)120)76(116)129-63(66)42(17-123-74(23)114)125-79(48)133-73(113)22-9-35(91)54(102)36(92)10-22/h1-15,42-43,48-49,63-64,66-68,79-80,83-96,98-108,119-121H,16-17H2. The van der Waals surface area contributed by atoms with Gasteiger partial charge in [-0.1, -0.05) is 0 Å². The SMILES string of the molecule is O=C1OC2C3COC(=O)c4cc(O)c(Oc5c(C(=O)OC6OC(COC(=O)c7cc(O)c(O)c(O)c7)C(OC(=O)c7cc(O)c(O)c(O)c7)C(OC(=O)c7cc(O)c(O)c(O)c7)C6OC(=O)c6cc(O)c(O)c(O)c6)cc(O)c(O)c5O)c(O)c4-c4c(cc(O)c(O)c4O)C(=O)OC2C(C(=O)Oc2cc(O)c(O)c4c2C2C1=CC(=O)C(O)(O4)C2(O)O)C(OC(=O)c1cc(O)c(O)c(O)c1)O3. The van der Waals surface area contributed by atoms with Gasteiger partial charge >= 0.3 is 65.5 Å². The first-order valence-electron chi connectivity index (χ1n) is 37.5. The predicted molar refractivity (Wildman–Crippen MR) is 412 cm³/mol. The molecule has 0 spiro atoms. The second-order valence-corrected chi connectivity index (χ2v) is 29.6. The molecule has 1 aliphatic carbocycles. The van der Waals surface area contributed by atoms with Crippen molar-refractivity contribution in [1.29, 1.82) is 0 Å². The van der Waals surface area contributed by atoms with Gasteiger partial charge < -0.3 is 209 Å². The number of ketones is 1.